The van der Waals surface area contributed by atoms with Crippen molar-refractivity contribution in [3.05, 3.63) is 0 Å². The molecule has 0 aliphatic carbocycles. The molecular weight excluding hydrogens is 176 g/mol. The van der Waals surface area contributed by atoms with Gasteiger partial charge in [-0.05, 0) is 27.7 Å². The molecule has 0 amide bonds. The van der Waals surface area contributed by atoms with Gasteiger partial charge in [-0.1, -0.05) is 0 Å². The van der Waals surface area contributed by atoms with Gasteiger partial charge in [0.15, 0.2) is 0 Å². The minimum atomic E-state index is -0.0364. The molecule has 1 heterocycles. The van der Waals surface area contributed by atoms with Crippen molar-refractivity contribution in [2.75, 3.05) is 26.7 Å². The SMILES string of the molecule is COC(C)(C)CN1CCNC(C)C1C. The number of nitrogens with one attached hydrogen (secondary N) is 1. The third-order valence-corrected chi connectivity index (χ3v) is 3.30. The third-order valence-electron chi connectivity index (χ3n) is 3.30. The Morgan fingerprint density at radius 1 is 1.43 bits per heavy atom. The summed E-state index contributed by atoms with van der Waals surface area (Å²) >= 11 is 0. The van der Waals surface area contributed by atoms with E-state index in [2.05, 4.69) is 37.9 Å². The minimum Gasteiger partial charge on any atom is -0.377 e. The van der Waals surface area contributed by atoms with Crippen molar-refractivity contribution in [1.29, 1.82) is 0 Å². The summed E-state index contributed by atoms with van der Waals surface area (Å²) < 4.78 is 5.46. The van der Waals surface area contributed by atoms with Crippen molar-refractivity contribution in [2.24, 2.45) is 0 Å². The molecule has 0 saturated carbocycles. The molecule has 1 N–H and O–H groups in total. The maximum Gasteiger partial charge on any atom is 0.0749 e. The number of hydrogen-bond acceptors (Lipinski definition) is 3. The van der Waals surface area contributed by atoms with Crippen LogP contribution in [-0.4, -0.2) is 49.3 Å². The van der Waals surface area contributed by atoms with Gasteiger partial charge in [-0.2, -0.15) is 0 Å². The minimum absolute atomic E-state index is 0.0364. The van der Waals surface area contributed by atoms with E-state index < -0.39 is 0 Å². The summed E-state index contributed by atoms with van der Waals surface area (Å²) in [6, 6.07) is 1.18. The van der Waals surface area contributed by atoms with Crippen molar-refractivity contribution < 1.29 is 4.74 Å². The van der Waals surface area contributed by atoms with E-state index in [9.17, 15) is 0 Å². The van der Waals surface area contributed by atoms with Gasteiger partial charge in [0.1, 0.15) is 0 Å². The summed E-state index contributed by atoms with van der Waals surface area (Å²) in [6.07, 6.45) is 0. The van der Waals surface area contributed by atoms with Crippen LogP contribution in [0.2, 0.25) is 0 Å². The zero-order chi connectivity index (χ0) is 10.8. The van der Waals surface area contributed by atoms with Crippen molar-refractivity contribution in [3.8, 4) is 0 Å². The predicted octanol–water partition coefficient (Wildman–Crippen LogP) is 1.09. The van der Waals surface area contributed by atoms with Gasteiger partial charge in [-0.3, -0.25) is 4.90 Å². The van der Waals surface area contributed by atoms with Crippen molar-refractivity contribution in [3.63, 3.8) is 0 Å². The number of nitrogens with zero attached hydrogens (tertiary/aromatic N) is 1. The lowest BCUT2D eigenvalue weighted by Gasteiger charge is -2.42. The first-order valence-corrected chi connectivity index (χ1v) is 5.49. The lowest BCUT2D eigenvalue weighted by atomic mass is 10.0. The van der Waals surface area contributed by atoms with Crippen LogP contribution in [0.3, 0.4) is 0 Å². The first-order valence-electron chi connectivity index (χ1n) is 5.49. The molecule has 0 aromatic carbocycles. The smallest absolute Gasteiger partial charge is 0.0749 e. The van der Waals surface area contributed by atoms with E-state index in [-0.39, 0.29) is 5.60 Å². The second kappa shape index (κ2) is 4.60. The first kappa shape index (κ1) is 12.0. The molecule has 1 saturated heterocycles. The highest BCUT2D eigenvalue weighted by Gasteiger charge is 2.29. The highest BCUT2D eigenvalue weighted by Crippen LogP contribution is 2.15. The molecule has 0 radical (unpaired) electrons. The predicted molar refractivity (Wildman–Crippen MR) is 59.6 cm³/mol. The van der Waals surface area contributed by atoms with Gasteiger partial charge in [0.05, 0.1) is 5.60 Å². The van der Waals surface area contributed by atoms with E-state index in [4.69, 9.17) is 4.74 Å². The lowest BCUT2D eigenvalue weighted by molar-refractivity contribution is -0.0249. The molecule has 1 rings (SSSR count). The molecule has 1 fully saturated rings. The molecule has 0 aromatic heterocycles. The number of piperazine rings is 1. The molecule has 0 aromatic rings. The van der Waals surface area contributed by atoms with Gasteiger partial charge in [0.2, 0.25) is 0 Å². The van der Waals surface area contributed by atoms with E-state index in [0.29, 0.717) is 12.1 Å². The van der Waals surface area contributed by atoms with Crippen LogP contribution in [-0.2, 0) is 4.74 Å². The maximum absolute atomic E-state index is 5.46. The monoisotopic (exact) mass is 200 g/mol. The maximum atomic E-state index is 5.46. The normalized spacial score (nSPS) is 30.6. The Kier molecular flexibility index (Phi) is 3.93. The number of rotatable bonds is 3. The molecule has 2 unspecified atom stereocenters. The van der Waals surface area contributed by atoms with Gasteiger partial charge in [0, 0.05) is 38.8 Å². The Bertz CT molecular complexity index is 182. The Balaban J connectivity index is 2.51. The van der Waals surface area contributed by atoms with Gasteiger partial charge in [-0.15, -0.1) is 0 Å². The van der Waals surface area contributed by atoms with E-state index in [0.717, 1.165) is 19.6 Å². The van der Waals surface area contributed by atoms with Crippen molar-refractivity contribution in [1.82, 2.24) is 10.2 Å². The molecule has 1 aliphatic rings. The van der Waals surface area contributed by atoms with Gasteiger partial charge in [0.25, 0.3) is 0 Å². The Morgan fingerprint density at radius 2 is 2.07 bits per heavy atom. The number of methoxy groups -OCH3 is 1. The summed E-state index contributed by atoms with van der Waals surface area (Å²) in [4.78, 5) is 2.50. The second-order valence-electron chi connectivity index (χ2n) is 4.92. The largest absolute Gasteiger partial charge is 0.377 e. The molecule has 3 heteroatoms. The zero-order valence-corrected chi connectivity index (χ0v) is 10.1. The van der Waals surface area contributed by atoms with E-state index in [1.807, 2.05) is 0 Å². The highest BCUT2D eigenvalue weighted by molar-refractivity contribution is 4.86. The van der Waals surface area contributed by atoms with Crippen molar-refractivity contribution >= 4 is 0 Å². The zero-order valence-electron chi connectivity index (χ0n) is 10.1. The van der Waals surface area contributed by atoms with Crippen LogP contribution in [0.5, 0.6) is 0 Å². The third kappa shape index (κ3) is 2.94. The molecule has 0 bridgehead atoms. The molecule has 1 aliphatic heterocycles. The second-order valence-corrected chi connectivity index (χ2v) is 4.92. The van der Waals surface area contributed by atoms with Crippen LogP contribution in [0.25, 0.3) is 0 Å². The topological polar surface area (TPSA) is 24.5 Å². The van der Waals surface area contributed by atoms with E-state index >= 15 is 0 Å². The average Bonchev–Trinajstić information content (AvgIpc) is 2.13. The van der Waals surface area contributed by atoms with Gasteiger partial charge >= 0.3 is 0 Å². The Morgan fingerprint density at radius 3 is 2.64 bits per heavy atom. The summed E-state index contributed by atoms with van der Waals surface area (Å²) in [5.41, 5.74) is -0.0364. The fraction of sp³-hybridized carbons (Fsp3) is 1.00. The van der Waals surface area contributed by atoms with Crippen LogP contribution in [0.15, 0.2) is 0 Å². The summed E-state index contributed by atoms with van der Waals surface area (Å²) in [5.74, 6) is 0. The number of ether oxygens (including phenoxy) is 1. The molecular formula is C11H24N2O. The van der Waals surface area contributed by atoms with Crippen LogP contribution < -0.4 is 5.32 Å². The average molecular weight is 200 g/mol. The summed E-state index contributed by atoms with van der Waals surface area (Å²) in [5, 5.41) is 3.48. The Hall–Kier alpha value is -0.120. The quantitative estimate of drug-likeness (QED) is 0.738. The standard InChI is InChI=1S/C11H24N2O/c1-9-10(2)13(7-6-12-9)8-11(3,4)14-5/h9-10,12H,6-8H2,1-5H3. The molecule has 84 valence electrons. The molecule has 2 atom stereocenters. The first-order chi connectivity index (χ1) is 6.46. The van der Waals surface area contributed by atoms with E-state index in [1.54, 1.807) is 7.11 Å². The number of hydrogen-bond donors (Lipinski definition) is 1. The molecule has 3 nitrogen and oxygen atoms in total. The van der Waals surface area contributed by atoms with Gasteiger partial charge in [-0.25, -0.2) is 0 Å². The summed E-state index contributed by atoms with van der Waals surface area (Å²) in [7, 11) is 1.79. The molecule has 0 spiro atoms. The summed E-state index contributed by atoms with van der Waals surface area (Å²) in [6.45, 7) is 12.0. The highest BCUT2D eigenvalue weighted by atomic mass is 16.5. The van der Waals surface area contributed by atoms with Crippen LogP contribution in [0.1, 0.15) is 27.7 Å². The molecule has 14 heavy (non-hydrogen) atoms. The van der Waals surface area contributed by atoms with Crippen molar-refractivity contribution in [2.45, 2.75) is 45.4 Å². The van der Waals surface area contributed by atoms with E-state index in [1.165, 1.54) is 0 Å². The fourth-order valence-corrected chi connectivity index (χ4v) is 1.90. The van der Waals surface area contributed by atoms with Crippen LogP contribution in [0.4, 0.5) is 0 Å². The lowest BCUT2D eigenvalue weighted by Crippen LogP contribution is -2.58. The fourth-order valence-electron chi connectivity index (χ4n) is 1.90. The van der Waals surface area contributed by atoms with Gasteiger partial charge < -0.3 is 10.1 Å². The van der Waals surface area contributed by atoms with Crippen LogP contribution in [0, 0.1) is 0 Å². The van der Waals surface area contributed by atoms with Crippen LogP contribution >= 0.6 is 0 Å². The Labute approximate surface area is 87.8 Å².